The van der Waals surface area contributed by atoms with Gasteiger partial charge in [-0.15, -0.1) is 0 Å². The zero-order valence-electron chi connectivity index (χ0n) is 22.3. The van der Waals surface area contributed by atoms with E-state index in [9.17, 15) is 4.79 Å². The van der Waals surface area contributed by atoms with Gasteiger partial charge in [-0.2, -0.15) is 0 Å². The van der Waals surface area contributed by atoms with Crippen molar-refractivity contribution in [3.05, 3.63) is 89.5 Å². The molecule has 0 aliphatic carbocycles. The van der Waals surface area contributed by atoms with Crippen molar-refractivity contribution in [1.82, 2.24) is 0 Å². The summed E-state index contributed by atoms with van der Waals surface area (Å²) in [6.07, 6.45) is 11.1. The van der Waals surface area contributed by atoms with Crippen LogP contribution < -0.4 is 4.74 Å². The molecule has 0 fully saturated rings. The van der Waals surface area contributed by atoms with E-state index in [4.69, 9.17) is 9.47 Å². The zero-order valence-corrected chi connectivity index (χ0v) is 22.3. The first-order valence-electron chi connectivity index (χ1n) is 13.7. The van der Waals surface area contributed by atoms with Gasteiger partial charge < -0.3 is 9.47 Å². The Bertz CT molecular complexity index is 1020. The fourth-order valence-corrected chi connectivity index (χ4v) is 4.26. The van der Waals surface area contributed by atoms with Crippen LogP contribution in [0.4, 0.5) is 0 Å². The summed E-state index contributed by atoms with van der Waals surface area (Å²) in [5.74, 6) is 0.238. The van der Waals surface area contributed by atoms with E-state index in [1.165, 1.54) is 56.1 Å². The Labute approximate surface area is 217 Å². The van der Waals surface area contributed by atoms with E-state index in [0.29, 0.717) is 11.3 Å². The Morgan fingerprint density at radius 1 is 0.694 bits per heavy atom. The first kappa shape index (κ1) is 27.7. The molecule has 0 spiro atoms. The monoisotopic (exact) mass is 486 g/mol. The predicted octanol–water partition coefficient (Wildman–Crippen LogP) is 9.35. The van der Waals surface area contributed by atoms with Crippen molar-refractivity contribution in [3.8, 4) is 16.9 Å². The number of ether oxygens (including phenoxy) is 2. The molecule has 3 aromatic carbocycles. The highest BCUT2D eigenvalue weighted by atomic mass is 16.5. The first-order chi connectivity index (χ1) is 17.6. The minimum atomic E-state index is -0.338. The van der Waals surface area contributed by atoms with Gasteiger partial charge >= 0.3 is 5.97 Å². The third kappa shape index (κ3) is 8.95. The van der Waals surface area contributed by atoms with E-state index in [2.05, 4.69) is 45.0 Å². The van der Waals surface area contributed by atoms with Crippen LogP contribution in [0, 0.1) is 0 Å². The molecule has 0 aliphatic heterocycles. The van der Waals surface area contributed by atoms with Gasteiger partial charge in [0.2, 0.25) is 0 Å². The van der Waals surface area contributed by atoms with E-state index in [-0.39, 0.29) is 12.1 Å². The van der Waals surface area contributed by atoms with Crippen molar-refractivity contribution >= 4 is 5.97 Å². The standard InChI is InChI=1S/C33H42O3/c1-4-6-8-9-10-11-25-35-26(3)28-15-17-29(18-16-28)30-19-21-31(22-20-30)33(34)36-32-23-13-27(14-24-32)12-7-5-2/h13-24,26H,4-12,25H2,1-3H3. The molecule has 3 rings (SSSR count). The summed E-state index contributed by atoms with van der Waals surface area (Å²) in [5, 5.41) is 0. The second kappa shape index (κ2) is 15.3. The summed E-state index contributed by atoms with van der Waals surface area (Å²) >= 11 is 0. The topological polar surface area (TPSA) is 35.5 Å². The lowest BCUT2D eigenvalue weighted by molar-refractivity contribution is 0.0627. The molecular formula is C33H42O3. The highest BCUT2D eigenvalue weighted by Crippen LogP contribution is 2.25. The highest BCUT2D eigenvalue weighted by molar-refractivity contribution is 5.91. The minimum absolute atomic E-state index is 0.0903. The molecule has 0 aromatic heterocycles. The molecule has 0 saturated heterocycles. The molecule has 0 radical (unpaired) electrons. The SMILES string of the molecule is CCCCCCCCOC(C)c1ccc(-c2ccc(C(=O)Oc3ccc(CCCC)cc3)cc2)cc1. The Kier molecular flexibility index (Phi) is 11.7. The van der Waals surface area contributed by atoms with Gasteiger partial charge in [-0.05, 0) is 72.7 Å². The van der Waals surface area contributed by atoms with Gasteiger partial charge in [-0.25, -0.2) is 4.79 Å². The van der Waals surface area contributed by atoms with Crippen LogP contribution in [-0.2, 0) is 11.2 Å². The molecule has 3 heteroatoms. The Morgan fingerprint density at radius 3 is 1.92 bits per heavy atom. The number of hydrogen-bond donors (Lipinski definition) is 0. The molecular weight excluding hydrogens is 444 g/mol. The Balaban J connectivity index is 1.48. The second-order valence-electron chi connectivity index (χ2n) is 9.62. The zero-order chi connectivity index (χ0) is 25.6. The predicted molar refractivity (Wildman–Crippen MR) is 150 cm³/mol. The number of benzene rings is 3. The first-order valence-corrected chi connectivity index (χ1v) is 13.7. The van der Waals surface area contributed by atoms with Crippen LogP contribution >= 0.6 is 0 Å². The van der Waals surface area contributed by atoms with E-state index in [0.717, 1.165) is 30.6 Å². The van der Waals surface area contributed by atoms with Crippen molar-refractivity contribution in [2.24, 2.45) is 0 Å². The maximum atomic E-state index is 12.6. The fraction of sp³-hybridized carbons (Fsp3) is 0.424. The third-order valence-electron chi connectivity index (χ3n) is 6.65. The molecule has 36 heavy (non-hydrogen) atoms. The number of unbranched alkanes of at least 4 members (excludes halogenated alkanes) is 6. The van der Waals surface area contributed by atoms with Gasteiger partial charge in [-0.1, -0.05) is 101 Å². The lowest BCUT2D eigenvalue weighted by Gasteiger charge is -2.14. The van der Waals surface area contributed by atoms with Crippen LogP contribution in [0.2, 0.25) is 0 Å². The van der Waals surface area contributed by atoms with Crippen LogP contribution in [-0.4, -0.2) is 12.6 Å². The van der Waals surface area contributed by atoms with Gasteiger partial charge in [0.25, 0.3) is 0 Å². The van der Waals surface area contributed by atoms with Crippen LogP contribution in [0.15, 0.2) is 72.8 Å². The van der Waals surface area contributed by atoms with Crippen molar-refractivity contribution in [2.75, 3.05) is 6.61 Å². The Hall–Kier alpha value is -2.91. The van der Waals surface area contributed by atoms with E-state index >= 15 is 0 Å². The summed E-state index contributed by atoms with van der Waals surface area (Å²) in [7, 11) is 0. The number of aryl methyl sites for hydroxylation is 1. The van der Waals surface area contributed by atoms with Crippen molar-refractivity contribution in [2.45, 2.75) is 84.7 Å². The average molecular weight is 487 g/mol. The summed E-state index contributed by atoms with van der Waals surface area (Å²) in [6.45, 7) is 7.36. The lowest BCUT2D eigenvalue weighted by atomic mass is 10.0. The smallest absolute Gasteiger partial charge is 0.343 e. The third-order valence-corrected chi connectivity index (χ3v) is 6.65. The van der Waals surface area contributed by atoms with E-state index < -0.39 is 0 Å². The second-order valence-corrected chi connectivity index (χ2v) is 9.62. The average Bonchev–Trinajstić information content (AvgIpc) is 2.92. The molecule has 0 heterocycles. The molecule has 1 unspecified atom stereocenters. The quantitative estimate of drug-likeness (QED) is 0.122. The molecule has 0 amide bonds. The van der Waals surface area contributed by atoms with Gasteiger partial charge in [0.15, 0.2) is 0 Å². The van der Waals surface area contributed by atoms with Crippen LogP contribution in [0.25, 0.3) is 11.1 Å². The number of esters is 1. The maximum Gasteiger partial charge on any atom is 0.343 e. The molecule has 3 aromatic rings. The summed E-state index contributed by atoms with van der Waals surface area (Å²) in [4.78, 5) is 12.6. The Morgan fingerprint density at radius 2 is 1.28 bits per heavy atom. The van der Waals surface area contributed by atoms with Gasteiger partial charge in [0, 0.05) is 6.61 Å². The molecule has 3 nitrogen and oxygen atoms in total. The van der Waals surface area contributed by atoms with Crippen molar-refractivity contribution in [3.63, 3.8) is 0 Å². The van der Waals surface area contributed by atoms with Crippen LogP contribution in [0.5, 0.6) is 5.75 Å². The minimum Gasteiger partial charge on any atom is -0.423 e. The maximum absolute atomic E-state index is 12.6. The van der Waals surface area contributed by atoms with Gasteiger partial charge in [0.05, 0.1) is 11.7 Å². The molecule has 1 atom stereocenters. The molecule has 0 N–H and O–H groups in total. The van der Waals surface area contributed by atoms with E-state index in [1.807, 2.05) is 48.5 Å². The summed E-state index contributed by atoms with van der Waals surface area (Å²) in [5.41, 5.74) is 5.18. The van der Waals surface area contributed by atoms with Crippen LogP contribution in [0.3, 0.4) is 0 Å². The molecule has 0 saturated carbocycles. The van der Waals surface area contributed by atoms with Crippen molar-refractivity contribution in [1.29, 1.82) is 0 Å². The highest BCUT2D eigenvalue weighted by Gasteiger charge is 2.10. The van der Waals surface area contributed by atoms with Gasteiger partial charge in [-0.3, -0.25) is 0 Å². The van der Waals surface area contributed by atoms with Crippen LogP contribution in [0.1, 0.15) is 99.7 Å². The largest absolute Gasteiger partial charge is 0.423 e. The van der Waals surface area contributed by atoms with Gasteiger partial charge in [0.1, 0.15) is 5.75 Å². The molecule has 0 aliphatic rings. The van der Waals surface area contributed by atoms with Crippen molar-refractivity contribution < 1.29 is 14.3 Å². The summed E-state index contributed by atoms with van der Waals surface area (Å²) < 4.78 is 11.6. The fourth-order valence-electron chi connectivity index (χ4n) is 4.26. The number of rotatable bonds is 15. The normalized spacial score (nSPS) is 11.9. The number of hydrogen-bond acceptors (Lipinski definition) is 3. The van der Waals surface area contributed by atoms with E-state index in [1.54, 1.807) is 0 Å². The lowest BCUT2D eigenvalue weighted by Crippen LogP contribution is -2.08. The number of carbonyl (C=O) groups is 1. The number of carbonyl (C=O) groups excluding carboxylic acids is 1. The molecule has 192 valence electrons. The summed E-state index contributed by atoms with van der Waals surface area (Å²) in [6, 6.07) is 23.9. The molecule has 0 bridgehead atoms.